The maximum atomic E-state index is 2.41. The Kier molecular flexibility index (Phi) is 16.7. The van der Waals surface area contributed by atoms with E-state index in [1.54, 1.807) is 0 Å². The van der Waals surface area contributed by atoms with Gasteiger partial charge >= 0.3 is 0 Å². The van der Waals surface area contributed by atoms with Crippen molar-refractivity contribution in [1.29, 1.82) is 0 Å². The van der Waals surface area contributed by atoms with Crippen LogP contribution in [0.5, 0.6) is 0 Å². The molecule has 0 amide bonds. The third-order valence-corrected chi connectivity index (χ3v) is 13.8. The Bertz CT molecular complexity index is 902. The molecule has 4 aliphatic carbocycles. The maximum absolute atomic E-state index is 2.41. The molecule has 51 heavy (non-hydrogen) atoms. The van der Waals surface area contributed by atoms with Gasteiger partial charge in [0.05, 0.1) is 0 Å². The van der Waals surface area contributed by atoms with Crippen molar-refractivity contribution in [3.8, 4) is 0 Å². The average molecular weight is 715 g/mol. The first-order chi connectivity index (χ1) is 22.3. The summed E-state index contributed by atoms with van der Waals surface area (Å²) in [4.78, 5) is 0. The Labute approximate surface area is 326 Å². The summed E-state index contributed by atoms with van der Waals surface area (Å²) in [6.07, 6.45) is 15.9. The van der Waals surface area contributed by atoms with Gasteiger partial charge in [-0.2, -0.15) is 0 Å². The van der Waals surface area contributed by atoms with Crippen LogP contribution in [0.15, 0.2) is 0 Å². The molecule has 306 valence electrons. The highest BCUT2D eigenvalue weighted by atomic mass is 14.5. The van der Waals surface area contributed by atoms with E-state index in [4.69, 9.17) is 0 Å². The molecule has 4 fully saturated rings. The first-order valence-corrected chi connectivity index (χ1v) is 22.3. The lowest BCUT2D eigenvalue weighted by Gasteiger charge is -2.42. The molecule has 8 atom stereocenters. The van der Waals surface area contributed by atoms with Crippen LogP contribution in [-0.2, 0) is 0 Å². The lowest BCUT2D eigenvalue weighted by Crippen LogP contribution is -2.32. The van der Waals surface area contributed by atoms with Crippen LogP contribution in [0.25, 0.3) is 0 Å². The van der Waals surface area contributed by atoms with Crippen molar-refractivity contribution in [2.24, 2.45) is 90.7 Å². The van der Waals surface area contributed by atoms with E-state index in [9.17, 15) is 0 Å². The van der Waals surface area contributed by atoms with E-state index in [-0.39, 0.29) is 0 Å². The van der Waals surface area contributed by atoms with Crippen LogP contribution >= 0.6 is 0 Å². The Hall–Kier alpha value is 0. The monoisotopic (exact) mass is 715 g/mol. The minimum Gasteiger partial charge on any atom is -0.0602 e. The van der Waals surface area contributed by atoms with E-state index in [0.717, 1.165) is 47.3 Å². The van der Waals surface area contributed by atoms with Gasteiger partial charge in [-0.15, -0.1) is 0 Å². The molecular formula is C51H102. The molecule has 4 saturated carbocycles. The van der Waals surface area contributed by atoms with Crippen LogP contribution in [0.2, 0.25) is 0 Å². The van der Waals surface area contributed by atoms with Gasteiger partial charge in [-0.1, -0.05) is 173 Å². The van der Waals surface area contributed by atoms with E-state index in [2.05, 4.69) is 166 Å². The van der Waals surface area contributed by atoms with Gasteiger partial charge in [0.25, 0.3) is 0 Å². The summed E-state index contributed by atoms with van der Waals surface area (Å²) in [5.74, 6) is 7.83. The molecule has 0 radical (unpaired) electrons. The van der Waals surface area contributed by atoms with Crippen molar-refractivity contribution in [3.63, 3.8) is 0 Å². The van der Waals surface area contributed by atoms with Crippen molar-refractivity contribution in [1.82, 2.24) is 0 Å². The molecule has 0 N–H and O–H groups in total. The number of rotatable bonds is 2. The van der Waals surface area contributed by atoms with Gasteiger partial charge < -0.3 is 0 Å². The topological polar surface area (TPSA) is 0 Å². The van der Waals surface area contributed by atoms with Crippen LogP contribution in [0.3, 0.4) is 0 Å². The summed E-state index contributed by atoms with van der Waals surface area (Å²) < 4.78 is 0. The van der Waals surface area contributed by atoms with Crippen molar-refractivity contribution >= 4 is 0 Å². The average Bonchev–Trinajstić information content (AvgIpc) is 3.75. The highest BCUT2D eigenvalue weighted by Gasteiger charge is 2.47. The highest BCUT2D eigenvalue weighted by Crippen LogP contribution is 2.56. The second-order valence-electron chi connectivity index (χ2n) is 27.7. The predicted octanol–water partition coefficient (Wildman–Crippen LogP) is 17.6. The SMILES string of the molecule is CC(C)(C)C1CCC(C(C)(C)C)C1.CC(C)(C)C1CCCC(C(C)(C)C)C1.CC(C)(C)CC1CC1C(C)(C)C.CC(C)(C)CC1CC1C(C)(C)C. The fourth-order valence-corrected chi connectivity index (χ4v) is 9.96. The van der Waals surface area contributed by atoms with Gasteiger partial charge in [0.1, 0.15) is 0 Å². The largest absolute Gasteiger partial charge is 0.0602 e. The lowest BCUT2D eigenvalue weighted by molar-refractivity contribution is 0.0830. The fourth-order valence-electron chi connectivity index (χ4n) is 9.96. The fraction of sp³-hybridized carbons (Fsp3) is 1.00. The standard InChI is InChI=1S/C14H28.C13H26.2C12H24/c1-13(2,3)11-8-7-9-12(10-11)14(4,5)6;1-12(2,3)10-7-8-11(9-10)13(4,5)6;2*1-11(2,3)8-9-7-10(9)12(4,5)6/h11-12H,7-10H2,1-6H3;10-11H,7-9H2,1-6H3;2*9-10H,7-8H2,1-6H3. The third kappa shape index (κ3) is 19.4. The van der Waals surface area contributed by atoms with Crippen molar-refractivity contribution in [2.45, 2.75) is 237 Å². The van der Waals surface area contributed by atoms with Crippen LogP contribution in [0.1, 0.15) is 237 Å². The van der Waals surface area contributed by atoms with Crippen LogP contribution < -0.4 is 0 Å². The van der Waals surface area contributed by atoms with Crippen molar-refractivity contribution in [2.75, 3.05) is 0 Å². The van der Waals surface area contributed by atoms with Crippen molar-refractivity contribution in [3.05, 3.63) is 0 Å². The molecule has 0 aromatic rings. The highest BCUT2D eigenvalue weighted by molar-refractivity contribution is 4.96. The zero-order valence-corrected chi connectivity index (χ0v) is 40.4. The molecule has 0 aromatic carbocycles. The van der Waals surface area contributed by atoms with Gasteiger partial charge in [-0.3, -0.25) is 0 Å². The smallest absolute Gasteiger partial charge is 0.0334 e. The molecule has 0 aromatic heterocycles. The molecule has 0 heteroatoms. The Morgan fingerprint density at radius 1 is 0.294 bits per heavy atom. The second-order valence-corrected chi connectivity index (χ2v) is 27.7. The third-order valence-electron chi connectivity index (χ3n) is 13.8. The van der Waals surface area contributed by atoms with Gasteiger partial charge in [0, 0.05) is 0 Å². The minimum atomic E-state index is 0.518. The van der Waals surface area contributed by atoms with Gasteiger partial charge in [0.15, 0.2) is 0 Å². The van der Waals surface area contributed by atoms with Crippen LogP contribution in [-0.4, -0.2) is 0 Å². The van der Waals surface area contributed by atoms with Gasteiger partial charge in [-0.25, -0.2) is 0 Å². The van der Waals surface area contributed by atoms with E-state index < -0.39 is 0 Å². The van der Waals surface area contributed by atoms with E-state index in [1.807, 2.05) is 0 Å². The number of hydrogen-bond donors (Lipinski definition) is 0. The molecule has 0 spiro atoms. The second kappa shape index (κ2) is 17.4. The Balaban J connectivity index is 0.000000341. The van der Waals surface area contributed by atoms with Crippen LogP contribution in [0, 0.1) is 90.7 Å². The van der Waals surface area contributed by atoms with E-state index in [1.165, 1.54) is 70.6 Å². The minimum absolute atomic E-state index is 0.518. The summed E-state index contributed by atoms with van der Waals surface area (Å²) in [6.45, 7) is 57.1. The summed E-state index contributed by atoms with van der Waals surface area (Å²) in [7, 11) is 0. The van der Waals surface area contributed by atoms with E-state index >= 15 is 0 Å². The summed E-state index contributed by atoms with van der Waals surface area (Å²) in [5, 5.41) is 0. The zero-order chi connectivity index (χ0) is 40.4. The molecule has 0 nitrogen and oxygen atoms in total. The van der Waals surface area contributed by atoms with E-state index in [0.29, 0.717) is 43.3 Å². The van der Waals surface area contributed by atoms with Gasteiger partial charge in [0.2, 0.25) is 0 Å². The molecule has 0 bridgehead atoms. The summed E-state index contributed by atoms with van der Waals surface area (Å²) in [5.41, 5.74) is 4.26. The molecule has 0 heterocycles. The quantitative estimate of drug-likeness (QED) is 0.267. The predicted molar refractivity (Wildman–Crippen MR) is 234 cm³/mol. The molecule has 0 saturated heterocycles. The zero-order valence-electron chi connectivity index (χ0n) is 40.4. The summed E-state index contributed by atoms with van der Waals surface area (Å²) >= 11 is 0. The first-order valence-electron chi connectivity index (χ1n) is 22.3. The number of hydrogen-bond acceptors (Lipinski definition) is 0. The first kappa shape index (κ1) is 49.0. The summed E-state index contributed by atoms with van der Waals surface area (Å²) in [6, 6.07) is 0. The van der Waals surface area contributed by atoms with Crippen molar-refractivity contribution < 1.29 is 0 Å². The molecule has 4 rings (SSSR count). The molecule has 8 unspecified atom stereocenters. The Morgan fingerprint density at radius 3 is 0.686 bits per heavy atom. The van der Waals surface area contributed by atoms with Gasteiger partial charge in [-0.05, 0) is 155 Å². The molecule has 4 aliphatic rings. The Morgan fingerprint density at radius 2 is 0.529 bits per heavy atom. The normalized spacial score (nSPS) is 30.6. The molecular weight excluding hydrogens is 613 g/mol. The molecule has 0 aliphatic heterocycles. The lowest BCUT2D eigenvalue weighted by atomic mass is 9.63. The maximum Gasteiger partial charge on any atom is -0.0334 e. The van der Waals surface area contributed by atoms with Crippen LogP contribution in [0.4, 0.5) is 0 Å².